The van der Waals surface area contributed by atoms with Crippen LogP contribution in [0.25, 0.3) is 0 Å². The van der Waals surface area contributed by atoms with Crippen LogP contribution in [0.4, 0.5) is 5.69 Å². The number of amides is 2. The second-order valence-corrected chi connectivity index (χ2v) is 6.20. The summed E-state index contributed by atoms with van der Waals surface area (Å²) in [6.45, 7) is 0.922. The summed E-state index contributed by atoms with van der Waals surface area (Å²) in [4.78, 5) is 26.3. The van der Waals surface area contributed by atoms with Gasteiger partial charge in [-0.1, -0.05) is 30.3 Å². The normalized spacial score (nSPS) is 16.9. The highest BCUT2D eigenvalue weighted by atomic mass is 16.5. The van der Waals surface area contributed by atoms with Crippen molar-refractivity contribution in [2.24, 2.45) is 0 Å². The van der Waals surface area contributed by atoms with Gasteiger partial charge in [-0.05, 0) is 43.7 Å². The first kappa shape index (κ1) is 17.9. The first-order valence-corrected chi connectivity index (χ1v) is 8.75. The van der Waals surface area contributed by atoms with Crippen LogP contribution in [0.1, 0.15) is 12.8 Å². The lowest BCUT2D eigenvalue weighted by Crippen LogP contribution is -2.45. The second-order valence-electron chi connectivity index (χ2n) is 6.20. The molecule has 0 spiro atoms. The van der Waals surface area contributed by atoms with Crippen LogP contribution in [0, 0.1) is 0 Å². The number of benzene rings is 2. The van der Waals surface area contributed by atoms with Crippen molar-refractivity contribution < 1.29 is 14.3 Å². The summed E-state index contributed by atoms with van der Waals surface area (Å²) in [5.41, 5.74) is 0.608. The topological polar surface area (TPSA) is 70.7 Å². The molecule has 2 aromatic carbocycles. The molecule has 0 aromatic heterocycles. The number of carbonyl (C=O) groups excluding carboxylic acids is 2. The Morgan fingerprint density at radius 1 is 1.12 bits per heavy atom. The minimum atomic E-state index is -0.235. The highest BCUT2D eigenvalue weighted by Gasteiger charge is 2.31. The van der Waals surface area contributed by atoms with Crippen molar-refractivity contribution in [1.82, 2.24) is 10.2 Å². The molecular weight excluding hydrogens is 330 g/mol. The Morgan fingerprint density at radius 3 is 2.62 bits per heavy atom. The summed E-state index contributed by atoms with van der Waals surface area (Å²) in [6, 6.07) is 16.5. The van der Waals surface area contributed by atoms with Gasteiger partial charge in [-0.25, -0.2) is 0 Å². The Labute approximate surface area is 153 Å². The minimum Gasteiger partial charge on any atom is -0.455 e. The lowest BCUT2D eigenvalue weighted by molar-refractivity contribution is -0.126. The second kappa shape index (κ2) is 8.49. The molecule has 1 unspecified atom stereocenters. The number of ether oxygens (including phenoxy) is 1. The van der Waals surface area contributed by atoms with Gasteiger partial charge in [-0.15, -0.1) is 0 Å². The van der Waals surface area contributed by atoms with Crippen LogP contribution in [0.2, 0.25) is 0 Å². The molecular formula is C20H23N3O3. The van der Waals surface area contributed by atoms with Gasteiger partial charge in [-0.2, -0.15) is 0 Å². The molecule has 1 aliphatic heterocycles. The van der Waals surface area contributed by atoms with Gasteiger partial charge in [0.1, 0.15) is 5.75 Å². The lowest BCUT2D eigenvalue weighted by Gasteiger charge is -2.22. The number of likely N-dealkylation sites (tertiary alicyclic amines) is 1. The highest BCUT2D eigenvalue weighted by Crippen LogP contribution is 2.29. The maximum atomic E-state index is 12.5. The van der Waals surface area contributed by atoms with Gasteiger partial charge in [-0.3, -0.25) is 14.5 Å². The van der Waals surface area contributed by atoms with Crippen LogP contribution in [0.15, 0.2) is 54.6 Å². The predicted molar refractivity (Wildman–Crippen MR) is 100 cm³/mol. The third kappa shape index (κ3) is 4.40. The molecule has 1 aliphatic rings. The van der Waals surface area contributed by atoms with E-state index >= 15 is 0 Å². The summed E-state index contributed by atoms with van der Waals surface area (Å²) in [5.74, 6) is 1.08. The van der Waals surface area contributed by atoms with E-state index in [1.54, 1.807) is 13.1 Å². The SMILES string of the molecule is CNC(=O)C1CCCN1CC(=O)Nc1ccccc1Oc1ccccc1. The summed E-state index contributed by atoms with van der Waals surface area (Å²) in [5, 5.41) is 5.56. The number of nitrogens with zero attached hydrogens (tertiary/aromatic N) is 1. The molecule has 6 nitrogen and oxygen atoms in total. The zero-order chi connectivity index (χ0) is 18.4. The van der Waals surface area contributed by atoms with Gasteiger partial charge in [0.15, 0.2) is 5.75 Å². The van der Waals surface area contributed by atoms with Crippen molar-refractivity contribution in [3.8, 4) is 11.5 Å². The fraction of sp³-hybridized carbons (Fsp3) is 0.300. The van der Waals surface area contributed by atoms with E-state index in [2.05, 4.69) is 10.6 Å². The van der Waals surface area contributed by atoms with Crippen LogP contribution in [-0.4, -0.2) is 42.9 Å². The predicted octanol–water partition coefficient (Wildman–Crippen LogP) is 2.63. The summed E-state index contributed by atoms with van der Waals surface area (Å²) in [6.07, 6.45) is 1.69. The zero-order valence-corrected chi connectivity index (χ0v) is 14.8. The minimum absolute atomic E-state index is 0.0388. The van der Waals surface area contributed by atoms with E-state index in [4.69, 9.17) is 4.74 Å². The van der Waals surface area contributed by atoms with Gasteiger partial charge < -0.3 is 15.4 Å². The average molecular weight is 353 g/mol. The molecule has 1 saturated heterocycles. The van der Waals surface area contributed by atoms with E-state index in [-0.39, 0.29) is 24.4 Å². The molecule has 0 saturated carbocycles. The zero-order valence-electron chi connectivity index (χ0n) is 14.8. The maximum Gasteiger partial charge on any atom is 0.238 e. The summed E-state index contributed by atoms with van der Waals surface area (Å²) in [7, 11) is 1.62. The highest BCUT2D eigenvalue weighted by molar-refractivity contribution is 5.94. The maximum absolute atomic E-state index is 12.5. The standard InChI is InChI=1S/C20H23N3O3/c1-21-20(25)17-11-7-13-23(17)14-19(24)22-16-10-5-6-12-18(16)26-15-8-3-2-4-9-15/h2-6,8-10,12,17H,7,11,13-14H2,1H3,(H,21,25)(H,22,24). The van der Waals surface area contributed by atoms with Gasteiger partial charge in [0.2, 0.25) is 11.8 Å². The molecule has 6 heteroatoms. The Kier molecular flexibility index (Phi) is 5.86. The number of hydrogen-bond donors (Lipinski definition) is 2. The van der Waals surface area contributed by atoms with Gasteiger partial charge in [0, 0.05) is 7.05 Å². The molecule has 2 amide bonds. The Bertz CT molecular complexity index is 764. The molecule has 0 aliphatic carbocycles. The fourth-order valence-electron chi connectivity index (χ4n) is 3.13. The van der Waals surface area contributed by atoms with E-state index in [9.17, 15) is 9.59 Å². The van der Waals surface area contributed by atoms with Crippen molar-refractivity contribution in [3.63, 3.8) is 0 Å². The molecule has 0 radical (unpaired) electrons. The smallest absolute Gasteiger partial charge is 0.238 e. The van der Waals surface area contributed by atoms with Gasteiger partial charge in [0.05, 0.1) is 18.3 Å². The van der Waals surface area contributed by atoms with E-state index in [0.717, 1.165) is 19.4 Å². The Hall–Kier alpha value is -2.86. The number of nitrogens with one attached hydrogen (secondary N) is 2. The number of hydrogen-bond acceptors (Lipinski definition) is 4. The quantitative estimate of drug-likeness (QED) is 0.838. The monoisotopic (exact) mass is 353 g/mol. The Balaban J connectivity index is 1.65. The van der Waals surface area contributed by atoms with Crippen molar-refractivity contribution in [2.75, 3.05) is 25.5 Å². The average Bonchev–Trinajstić information content (AvgIpc) is 3.11. The lowest BCUT2D eigenvalue weighted by atomic mass is 10.2. The van der Waals surface area contributed by atoms with Crippen LogP contribution < -0.4 is 15.4 Å². The number of anilines is 1. The van der Waals surface area contributed by atoms with Crippen molar-refractivity contribution >= 4 is 17.5 Å². The molecule has 1 heterocycles. The van der Waals surface area contributed by atoms with Crippen LogP contribution in [0.3, 0.4) is 0 Å². The number of carbonyl (C=O) groups is 2. The largest absolute Gasteiger partial charge is 0.455 e. The molecule has 136 valence electrons. The molecule has 2 N–H and O–H groups in total. The van der Waals surface area contributed by atoms with Crippen molar-refractivity contribution in [2.45, 2.75) is 18.9 Å². The molecule has 26 heavy (non-hydrogen) atoms. The van der Waals surface area contributed by atoms with Crippen LogP contribution in [-0.2, 0) is 9.59 Å². The molecule has 2 aromatic rings. The van der Waals surface area contributed by atoms with Crippen LogP contribution in [0.5, 0.6) is 11.5 Å². The van der Waals surface area contributed by atoms with Crippen molar-refractivity contribution in [3.05, 3.63) is 54.6 Å². The van der Waals surface area contributed by atoms with Crippen molar-refractivity contribution in [1.29, 1.82) is 0 Å². The van der Waals surface area contributed by atoms with E-state index in [1.165, 1.54) is 0 Å². The van der Waals surface area contributed by atoms with Gasteiger partial charge >= 0.3 is 0 Å². The first-order valence-electron chi connectivity index (χ1n) is 8.75. The third-order valence-corrected chi connectivity index (χ3v) is 4.39. The first-order chi connectivity index (χ1) is 12.7. The fourth-order valence-corrected chi connectivity index (χ4v) is 3.13. The van der Waals surface area contributed by atoms with E-state index in [0.29, 0.717) is 17.2 Å². The summed E-state index contributed by atoms with van der Waals surface area (Å²) >= 11 is 0. The molecule has 1 atom stereocenters. The number of likely N-dealkylation sites (N-methyl/N-ethyl adjacent to an activating group) is 1. The molecule has 3 rings (SSSR count). The molecule has 1 fully saturated rings. The number of rotatable bonds is 6. The van der Waals surface area contributed by atoms with E-state index in [1.807, 2.05) is 53.4 Å². The third-order valence-electron chi connectivity index (χ3n) is 4.39. The number of para-hydroxylation sites is 3. The molecule has 0 bridgehead atoms. The van der Waals surface area contributed by atoms with Gasteiger partial charge in [0.25, 0.3) is 0 Å². The Morgan fingerprint density at radius 2 is 1.85 bits per heavy atom. The van der Waals surface area contributed by atoms with E-state index < -0.39 is 0 Å². The van der Waals surface area contributed by atoms with Crippen LogP contribution >= 0.6 is 0 Å². The summed E-state index contributed by atoms with van der Waals surface area (Å²) < 4.78 is 5.86.